The van der Waals surface area contributed by atoms with Gasteiger partial charge in [0.2, 0.25) is 0 Å². The first-order valence-corrected chi connectivity index (χ1v) is 8.70. The van der Waals surface area contributed by atoms with Crippen LogP contribution in [0.1, 0.15) is 0 Å². The maximum absolute atomic E-state index is 5.95. The van der Waals surface area contributed by atoms with Crippen LogP contribution in [-0.2, 0) is 0 Å². The fraction of sp³-hybridized carbons (Fsp3) is 0.333. The Hall–Kier alpha value is -0.329. The van der Waals surface area contributed by atoms with Crippen LogP contribution in [0.4, 0.5) is 5.69 Å². The maximum Gasteiger partial charge on any atom is 0.0799 e. The second-order valence-electron chi connectivity index (χ2n) is 2.70. The van der Waals surface area contributed by atoms with E-state index < -0.39 is 0 Å². The summed E-state index contributed by atoms with van der Waals surface area (Å²) in [6, 6.07) is 4.24. The van der Waals surface area contributed by atoms with E-state index in [1.54, 1.807) is 0 Å². The summed E-state index contributed by atoms with van der Waals surface area (Å²) in [6.45, 7) is 6.68. The van der Waals surface area contributed by atoms with Crippen LogP contribution < -0.4 is 21.3 Å². The zero-order chi connectivity index (χ0) is 9.84. The van der Waals surface area contributed by atoms with Crippen molar-refractivity contribution in [3.8, 4) is 0 Å². The van der Waals surface area contributed by atoms with Crippen molar-refractivity contribution in [2.24, 2.45) is 0 Å². The van der Waals surface area contributed by atoms with Crippen LogP contribution in [0, 0.1) is 0 Å². The summed E-state index contributed by atoms with van der Waals surface area (Å²) in [7, 11) is 2.58. The van der Waals surface area contributed by atoms with E-state index in [9.17, 15) is 0 Å². The van der Waals surface area contributed by atoms with Crippen molar-refractivity contribution in [3.63, 3.8) is 0 Å². The van der Waals surface area contributed by atoms with E-state index in [0.29, 0.717) is 0 Å². The van der Waals surface area contributed by atoms with E-state index in [1.807, 2.05) is 0 Å². The van der Waals surface area contributed by atoms with E-state index in [2.05, 4.69) is 31.8 Å². The van der Waals surface area contributed by atoms with Crippen molar-refractivity contribution < 1.29 is 0 Å². The summed E-state index contributed by atoms with van der Waals surface area (Å²) in [5.41, 5.74) is 6.92. The summed E-state index contributed by atoms with van der Waals surface area (Å²) >= 11 is 0. The molecule has 0 saturated heterocycles. The molecule has 66 valence electrons. The number of rotatable bonds is 3. The zero-order valence-electron chi connectivity index (χ0n) is 8.23. The van der Waals surface area contributed by atoms with E-state index in [4.69, 9.17) is 5.73 Å². The molecular formula is C9H13NSi3. The van der Waals surface area contributed by atoms with Gasteiger partial charge in [-0.2, -0.15) is 0 Å². The largest absolute Gasteiger partial charge is 0.399 e. The Morgan fingerprint density at radius 2 is 1.54 bits per heavy atom. The Morgan fingerprint density at radius 3 is 2.00 bits per heavy atom. The van der Waals surface area contributed by atoms with Crippen molar-refractivity contribution in [1.29, 1.82) is 0 Å². The van der Waals surface area contributed by atoms with Crippen LogP contribution in [0.15, 0.2) is 12.1 Å². The molecule has 0 bridgehead atoms. The molecule has 6 radical (unpaired) electrons. The molecule has 0 aliphatic carbocycles. The lowest BCUT2D eigenvalue weighted by Crippen LogP contribution is -2.47. The SMILES string of the molecule is C[Si]c1ccc(N)c([Si]C)c1[Si]C. The van der Waals surface area contributed by atoms with E-state index in [1.165, 1.54) is 15.6 Å². The summed E-state index contributed by atoms with van der Waals surface area (Å²) in [5, 5.41) is 4.41. The van der Waals surface area contributed by atoms with E-state index in [0.717, 1.165) is 34.2 Å². The number of anilines is 1. The predicted octanol–water partition coefficient (Wildman–Crippen LogP) is -0.598. The molecular weight excluding hydrogens is 206 g/mol. The summed E-state index contributed by atoms with van der Waals surface area (Å²) in [4.78, 5) is 0. The molecule has 4 heteroatoms. The fourth-order valence-electron chi connectivity index (χ4n) is 1.36. The molecule has 0 fully saturated rings. The van der Waals surface area contributed by atoms with Gasteiger partial charge in [0.25, 0.3) is 0 Å². The molecule has 0 amide bonds. The molecule has 2 N–H and O–H groups in total. The van der Waals surface area contributed by atoms with Gasteiger partial charge in [-0.25, -0.2) is 0 Å². The van der Waals surface area contributed by atoms with Crippen molar-refractivity contribution in [2.75, 3.05) is 5.73 Å². The Morgan fingerprint density at radius 1 is 0.923 bits per heavy atom. The fourth-order valence-corrected chi connectivity index (χ4v) is 5.11. The smallest absolute Gasteiger partial charge is 0.0799 e. The van der Waals surface area contributed by atoms with Gasteiger partial charge in [-0.15, -0.1) is 0 Å². The van der Waals surface area contributed by atoms with Crippen LogP contribution >= 0.6 is 0 Å². The van der Waals surface area contributed by atoms with Crippen LogP contribution in [-0.4, -0.2) is 28.6 Å². The standard InChI is InChI=1S/C9H13NSi3/c1-11-7-5-4-6(10)8(12-2)9(7)13-3/h4-5H,10H2,1-3H3. The van der Waals surface area contributed by atoms with Gasteiger partial charge in [-0.05, 0) is 11.3 Å². The number of nitrogen functional groups attached to an aromatic ring is 1. The Bertz CT molecular complexity index is 299. The minimum absolute atomic E-state index is 0.820. The van der Waals surface area contributed by atoms with Gasteiger partial charge < -0.3 is 5.73 Å². The Labute approximate surface area is 87.6 Å². The lowest BCUT2D eigenvalue weighted by Gasteiger charge is -2.12. The van der Waals surface area contributed by atoms with Crippen molar-refractivity contribution in [3.05, 3.63) is 12.1 Å². The molecule has 1 rings (SSSR count). The number of nitrogens with two attached hydrogens (primary N) is 1. The Kier molecular flexibility index (Phi) is 3.95. The quantitative estimate of drug-likeness (QED) is 0.533. The number of benzene rings is 1. The van der Waals surface area contributed by atoms with Gasteiger partial charge in [0.1, 0.15) is 0 Å². The highest BCUT2D eigenvalue weighted by Crippen LogP contribution is 1.92. The second kappa shape index (κ2) is 4.78. The first-order valence-electron chi connectivity index (χ1n) is 4.20. The monoisotopic (exact) mass is 219 g/mol. The second-order valence-corrected chi connectivity index (χ2v) is 5.74. The van der Waals surface area contributed by atoms with Crippen LogP contribution in [0.2, 0.25) is 19.6 Å². The summed E-state index contributed by atoms with van der Waals surface area (Å²) in [5.74, 6) is 0. The molecule has 1 nitrogen and oxygen atoms in total. The van der Waals surface area contributed by atoms with Crippen LogP contribution in [0.5, 0.6) is 0 Å². The minimum Gasteiger partial charge on any atom is -0.399 e. The molecule has 0 aliphatic heterocycles. The molecule has 0 atom stereocenters. The molecule has 0 heterocycles. The molecule has 13 heavy (non-hydrogen) atoms. The van der Waals surface area contributed by atoms with Gasteiger partial charge in [-0.1, -0.05) is 36.1 Å². The lowest BCUT2D eigenvalue weighted by molar-refractivity contribution is 1.80. The highest BCUT2D eigenvalue weighted by Gasteiger charge is 2.07. The third kappa shape index (κ3) is 2.12. The van der Waals surface area contributed by atoms with E-state index in [-0.39, 0.29) is 0 Å². The third-order valence-corrected chi connectivity index (χ3v) is 5.52. The van der Waals surface area contributed by atoms with E-state index >= 15 is 0 Å². The molecule has 0 unspecified atom stereocenters. The van der Waals surface area contributed by atoms with Crippen molar-refractivity contribution >= 4 is 49.8 Å². The first-order chi connectivity index (χ1) is 6.24. The van der Waals surface area contributed by atoms with Crippen LogP contribution in [0.25, 0.3) is 0 Å². The molecule has 0 aliphatic rings. The summed E-state index contributed by atoms with van der Waals surface area (Å²) in [6.07, 6.45) is 0. The van der Waals surface area contributed by atoms with Gasteiger partial charge in [0, 0.05) is 5.69 Å². The van der Waals surface area contributed by atoms with Gasteiger partial charge >= 0.3 is 0 Å². The molecule has 1 aromatic rings. The minimum atomic E-state index is 0.820. The maximum atomic E-state index is 5.95. The molecule has 0 saturated carbocycles. The number of hydrogen-bond donors (Lipinski definition) is 1. The molecule has 1 aromatic carbocycles. The zero-order valence-corrected chi connectivity index (χ0v) is 11.2. The third-order valence-electron chi connectivity index (χ3n) is 2.01. The first kappa shape index (κ1) is 10.7. The topological polar surface area (TPSA) is 26.0 Å². The summed E-state index contributed by atoms with van der Waals surface area (Å²) < 4.78 is 0. The average Bonchev–Trinajstić information content (AvgIpc) is 2.17. The molecule has 0 spiro atoms. The highest BCUT2D eigenvalue weighted by atomic mass is 28.2. The predicted molar refractivity (Wildman–Crippen MR) is 64.6 cm³/mol. The van der Waals surface area contributed by atoms with Crippen molar-refractivity contribution in [1.82, 2.24) is 0 Å². The average molecular weight is 219 g/mol. The molecule has 0 aromatic heterocycles. The van der Waals surface area contributed by atoms with Crippen LogP contribution in [0.3, 0.4) is 0 Å². The highest BCUT2D eigenvalue weighted by molar-refractivity contribution is 6.73. The van der Waals surface area contributed by atoms with Gasteiger partial charge in [-0.3, -0.25) is 0 Å². The lowest BCUT2D eigenvalue weighted by atomic mass is 10.3. The number of hydrogen-bond acceptors (Lipinski definition) is 1. The van der Waals surface area contributed by atoms with Crippen molar-refractivity contribution in [2.45, 2.75) is 19.6 Å². The Balaban J connectivity index is 3.27. The normalized spacial score (nSPS) is 10.4. The van der Waals surface area contributed by atoms with Gasteiger partial charge in [0.05, 0.1) is 28.6 Å². The van der Waals surface area contributed by atoms with Gasteiger partial charge in [0.15, 0.2) is 0 Å².